The maximum Gasteiger partial charge on any atom is 0.287 e. The summed E-state index contributed by atoms with van der Waals surface area (Å²) in [4.78, 5) is 10.6. The van der Waals surface area contributed by atoms with E-state index in [0.717, 1.165) is 0 Å². The van der Waals surface area contributed by atoms with Crippen LogP contribution in [0.1, 0.15) is 0 Å². The van der Waals surface area contributed by atoms with Crippen molar-refractivity contribution >= 4 is 17.0 Å². The zero-order valence-electron chi connectivity index (χ0n) is 7.95. The van der Waals surface area contributed by atoms with E-state index in [1.165, 1.54) is 35.6 Å². The summed E-state index contributed by atoms with van der Waals surface area (Å²) in [6.45, 7) is 0. The number of nitro groups is 1. The van der Waals surface area contributed by atoms with Gasteiger partial charge in [-0.2, -0.15) is 0 Å². The highest BCUT2D eigenvalue weighted by Crippen LogP contribution is 2.38. The predicted molar refractivity (Wildman–Crippen MR) is 59.7 cm³/mol. The third-order valence-corrected chi connectivity index (χ3v) is 2.96. The Morgan fingerprint density at radius 2 is 1.81 bits per heavy atom. The lowest BCUT2D eigenvalue weighted by atomic mass is 10.1. The van der Waals surface area contributed by atoms with E-state index in [0.29, 0.717) is 10.4 Å². The first-order chi connectivity index (χ1) is 7.58. The molecule has 0 saturated heterocycles. The molecule has 0 amide bonds. The van der Waals surface area contributed by atoms with Gasteiger partial charge in [0.1, 0.15) is 16.4 Å². The van der Waals surface area contributed by atoms with Crippen molar-refractivity contribution in [2.45, 2.75) is 0 Å². The van der Waals surface area contributed by atoms with E-state index in [1.54, 1.807) is 5.38 Å². The minimum Gasteiger partial charge on any atom is -0.508 e. The molecule has 0 fully saturated rings. The molecule has 1 aromatic carbocycles. The van der Waals surface area contributed by atoms with Gasteiger partial charge < -0.3 is 10.2 Å². The number of benzene rings is 1. The molecule has 0 bridgehead atoms. The molecule has 0 radical (unpaired) electrons. The van der Waals surface area contributed by atoms with E-state index >= 15 is 0 Å². The molecule has 82 valence electrons. The number of thiophene rings is 1. The van der Waals surface area contributed by atoms with Gasteiger partial charge in [-0.05, 0) is 17.5 Å². The van der Waals surface area contributed by atoms with Crippen LogP contribution < -0.4 is 0 Å². The van der Waals surface area contributed by atoms with Gasteiger partial charge in [0.2, 0.25) is 0 Å². The molecule has 0 aliphatic rings. The molecule has 0 aliphatic heterocycles. The van der Waals surface area contributed by atoms with Crippen LogP contribution in [0.5, 0.6) is 11.5 Å². The zero-order valence-corrected chi connectivity index (χ0v) is 8.77. The number of hydrogen-bond donors (Lipinski definition) is 2. The summed E-state index contributed by atoms with van der Waals surface area (Å²) in [5.74, 6) is -0.254. The lowest BCUT2D eigenvalue weighted by Gasteiger charge is -2.00. The molecule has 5 nitrogen and oxygen atoms in total. The SMILES string of the molecule is O=[N+]([O-])c1ccsc1-c1cc(O)cc(O)c1. The third kappa shape index (κ3) is 1.82. The Morgan fingerprint density at radius 1 is 1.19 bits per heavy atom. The van der Waals surface area contributed by atoms with E-state index in [9.17, 15) is 20.3 Å². The Morgan fingerprint density at radius 3 is 2.38 bits per heavy atom. The summed E-state index contributed by atoms with van der Waals surface area (Å²) >= 11 is 1.18. The van der Waals surface area contributed by atoms with E-state index in [-0.39, 0.29) is 17.2 Å². The van der Waals surface area contributed by atoms with E-state index in [2.05, 4.69) is 0 Å². The summed E-state index contributed by atoms with van der Waals surface area (Å²) in [5.41, 5.74) is 0.397. The first-order valence-corrected chi connectivity index (χ1v) is 5.21. The molecule has 1 aromatic heterocycles. The van der Waals surface area contributed by atoms with E-state index in [1.807, 2.05) is 0 Å². The number of aromatic hydroxyl groups is 2. The topological polar surface area (TPSA) is 83.6 Å². The second-order valence-corrected chi connectivity index (χ2v) is 4.05. The first kappa shape index (κ1) is 10.4. The molecular formula is C10H7NO4S. The summed E-state index contributed by atoms with van der Waals surface area (Å²) in [6.07, 6.45) is 0. The molecule has 2 N–H and O–H groups in total. The third-order valence-electron chi connectivity index (χ3n) is 2.01. The maximum atomic E-state index is 10.7. The molecule has 2 rings (SSSR count). The first-order valence-electron chi connectivity index (χ1n) is 4.33. The lowest BCUT2D eigenvalue weighted by Crippen LogP contribution is -1.87. The molecule has 1 heterocycles. The average molecular weight is 237 g/mol. The van der Waals surface area contributed by atoms with Crippen LogP contribution >= 0.6 is 11.3 Å². The zero-order chi connectivity index (χ0) is 11.7. The van der Waals surface area contributed by atoms with Gasteiger partial charge >= 0.3 is 0 Å². The molecule has 0 unspecified atom stereocenters. The van der Waals surface area contributed by atoms with Gasteiger partial charge in [0.25, 0.3) is 5.69 Å². The van der Waals surface area contributed by atoms with Crippen LogP contribution in [-0.4, -0.2) is 15.1 Å². The van der Waals surface area contributed by atoms with Gasteiger partial charge in [-0.15, -0.1) is 11.3 Å². The highest BCUT2D eigenvalue weighted by atomic mass is 32.1. The number of nitrogens with zero attached hydrogens (tertiary/aromatic N) is 1. The summed E-state index contributed by atoms with van der Waals surface area (Å²) < 4.78 is 0. The van der Waals surface area contributed by atoms with Crippen LogP contribution in [0.3, 0.4) is 0 Å². The molecule has 0 atom stereocenters. The minimum absolute atomic E-state index is 0.0324. The maximum absolute atomic E-state index is 10.7. The van der Waals surface area contributed by atoms with Crippen molar-refractivity contribution in [1.82, 2.24) is 0 Å². The van der Waals surface area contributed by atoms with Crippen molar-refractivity contribution in [3.63, 3.8) is 0 Å². The molecule has 6 heteroatoms. The fourth-order valence-corrected chi connectivity index (χ4v) is 2.24. The fourth-order valence-electron chi connectivity index (χ4n) is 1.39. The van der Waals surface area contributed by atoms with Gasteiger partial charge in [0.05, 0.1) is 4.92 Å². The normalized spacial score (nSPS) is 10.2. The van der Waals surface area contributed by atoms with Crippen molar-refractivity contribution in [3.05, 3.63) is 39.8 Å². The van der Waals surface area contributed by atoms with Gasteiger partial charge in [-0.25, -0.2) is 0 Å². The van der Waals surface area contributed by atoms with E-state index in [4.69, 9.17) is 0 Å². The van der Waals surface area contributed by atoms with Crippen LogP contribution in [0.15, 0.2) is 29.6 Å². The fraction of sp³-hybridized carbons (Fsp3) is 0. The Labute approximate surface area is 94.4 Å². The predicted octanol–water partition coefficient (Wildman–Crippen LogP) is 2.73. The Hall–Kier alpha value is -2.08. The van der Waals surface area contributed by atoms with E-state index < -0.39 is 4.92 Å². The number of phenolic OH excluding ortho intramolecular Hbond substituents is 2. The monoisotopic (exact) mass is 237 g/mol. The summed E-state index contributed by atoms with van der Waals surface area (Å²) in [6, 6.07) is 5.31. The molecule has 0 spiro atoms. The molecule has 16 heavy (non-hydrogen) atoms. The van der Waals surface area contributed by atoms with Crippen LogP contribution in [0, 0.1) is 10.1 Å². The highest BCUT2D eigenvalue weighted by molar-refractivity contribution is 7.14. The minimum atomic E-state index is -0.493. The lowest BCUT2D eigenvalue weighted by molar-refractivity contribution is -0.383. The van der Waals surface area contributed by atoms with Crippen LogP contribution in [0.25, 0.3) is 10.4 Å². The van der Waals surface area contributed by atoms with Gasteiger partial charge in [0, 0.05) is 17.7 Å². The van der Waals surface area contributed by atoms with Crippen molar-refractivity contribution < 1.29 is 15.1 Å². The highest BCUT2D eigenvalue weighted by Gasteiger charge is 2.17. The quantitative estimate of drug-likeness (QED) is 0.621. The van der Waals surface area contributed by atoms with Crippen molar-refractivity contribution in [2.75, 3.05) is 0 Å². The Kier molecular flexibility index (Phi) is 2.49. The molecule has 0 aliphatic carbocycles. The standard InChI is InChI=1S/C10H7NO4S/c12-7-3-6(4-8(13)5-7)10-9(11(14)15)1-2-16-10/h1-5,12-13H. The number of phenols is 2. The van der Waals surface area contributed by atoms with Crippen LogP contribution in [0.4, 0.5) is 5.69 Å². The van der Waals surface area contributed by atoms with Crippen LogP contribution in [0.2, 0.25) is 0 Å². The van der Waals surface area contributed by atoms with Crippen molar-refractivity contribution in [2.24, 2.45) is 0 Å². The molecule has 0 saturated carbocycles. The molecule has 2 aromatic rings. The second-order valence-electron chi connectivity index (χ2n) is 3.13. The second kappa shape index (κ2) is 3.82. The number of hydrogen-bond acceptors (Lipinski definition) is 5. The number of rotatable bonds is 2. The molecular weight excluding hydrogens is 230 g/mol. The average Bonchev–Trinajstić information content (AvgIpc) is 2.63. The van der Waals surface area contributed by atoms with Gasteiger partial charge in [0.15, 0.2) is 0 Å². The Bertz CT molecular complexity index is 529. The Balaban J connectivity index is 2.58. The van der Waals surface area contributed by atoms with Crippen LogP contribution in [-0.2, 0) is 0 Å². The summed E-state index contributed by atoms with van der Waals surface area (Å²) in [5, 5.41) is 30.9. The van der Waals surface area contributed by atoms with Gasteiger partial charge in [-0.1, -0.05) is 0 Å². The largest absolute Gasteiger partial charge is 0.508 e. The summed E-state index contributed by atoms with van der Waals surface area (Å²) in [7, 11) is 0. The van der Waals surface area contributed by atoms with Crippen molar-refractivity contribution in [3.8, 4) is 21.9 Å². The smallest absolute Gasteiger partial charge is 0.287 e. The van der Waals surface area contributed by atoms with Crippen molar-refractivity contribution in [1.29, 1.82) is 0 Å². The van der Waals surface area contributed by atoms with Gasteiger partial charge in [-0.3, -0.25) is 10.1 Å².